The van der Waals surface area contributed by atoms with Gasteiger partial charge in [-0.25, -0.2) is 0 Å². The first-order valence-corrected chi connectivity index (χ1v) is 6.45. The van der Waals surface area contributed by atoms with E-state index in [1.807, 2.05) is 24.3 Å². The molecule has 1 atom stereocenters. The highest BCUT2D eigenvalue weighted by Gasteiger charge is 2.37. The number of carbonyl (C=O) groups is 2. The maximum atomic E-state index is 11.9. The summed E-state index contributed by atoms with van der Waals surface area (Å²) in [5.41, 5.74) is 0.580. The van der Waals surface area contributed by atoms with Crippen molar-refractivity contribution in [2.24, 2.45) is 5.41 Å². The van der Waals surface area contributed by atoms with Crippen molar-refractivity contribution >= 4 is 22.5 Å². The van der Waals surface area contributed by atoms with Crippen LogP contribution in [-0.4, -0.2) is 16.6 Å². The fourth-order valence-corrected chi connectivity index (χ4v) is 2.50. The number of nitrogens with zero attached hydrogens (tertiary/aromatic N) is 1. The quantitative estimate of drug-likeness (QED) is 0.906. The number of para-hydroxylation sites is 1. The minimum atomic E-state index is -1.27. The van der Waals surface area contributed by atoms with Gasteiger partial charge in [0, 0.05) is 29.9 Å². The normalized spacial score (nSPS) is 13.7. The lowest BCUT2D eigenvalue weighted by Gasteiger charge is -2.22. The molecule has 0 saturated heterocycles. The number of aromatic nitrogens is 1. The minimum absolute atomic E-state index is 0.0433. The van der Waals surface area contributed by atoms with Gasteiger partial charge < -0.3 is 4.98 Å². The minimum Gasteiger partial charge on any atom is -0.361 e. The van der Waals surface area contributed by atoms with Crippen LogP contribution in [0.25, 0.3) is 10.9 Å². The second-order valence-electron chi connectivity index (χ2n) is 5.17. The van der Waals surface area contributed by atoms with E-state index in [4.69, 9.17) is 0 Å². The molecule has 0 fully saturated rings. The third kappa shape index (κ3) is 2.48. The molecule has 0 aliphatic carbocycles. The van der Waals surface area contributed by atoms with Gasteiger partial charge in [-0.1, -0.05) is 18.2 Å². The Morgan fingerprint density at radius 1 is 1.30 bits per heavy atom. The molecule has 0 unspecified atom stereocenters. The van der Waals surface area contributed by atoms with Crippen LogP contribution in [0.1, 0.15) is 25.8 Å². The first-order valence-electron chi connectivity index (χ1n) is 6.45. The summed E-state index contributed by atoms with van der Waals surface area (Å²) in [6.07, 6.45) is 2.01. The summed E-state index contributed by atoms with van der Waals surface area (Å²) in [5, 5.41) is 10.4. The predicted octanol–water partition coefficient (Wildman–Crippen LogP) is 2.79. The summed E-state index contributed by atoms with van der Waals surface area (Å²) >= 11 is 0. The van der Waals surface area contributed by atoms with Crippen molar-refractivity contribution in [3.63, 3.8) is 0 Å². The molecule has 20 heavy (non-hydrogen) atoms. The smallest absolute Gasteiger partial charge is 0.150 e. The van der Waals surface area contributed by atoms with Crippen molar-refractivity contribution in [2.75, 3.05) is 0 Å². The molecule has 4 nitrogen and oxygen atoms in total. The van der Waals surface area contributed by atoms with Crippen LogP contribution < -0.4 is 0 Å². The van der Waals surface area contributed by atoms with Gasteiger partial charge >= 0.3 is 0 Å². The van der Waals surface area contributed by atoms with Crippen LogP contribution in [0.15, 0.2) is 30.5 Å². The topological polar surface area (TPSA) is 73.7 Å². The number of ketones is 2. The molecule has 4 heteroatoms. The Morgan fingerprint density at radius 3 is 2.60 bits per heavy atom. The van der Waals surface area contributed by atoms with Crippen LogP contribution in [0, 0.1) is 16.7 Å². The van der Waals surface area contributed by atoms with Gasteiger partial charge in [0.15, 0.2) is 5.78 Å². The average Bonchev–Trinajstić information content (AvgIpc) is 2.80. The SMILES string of the molecule is CC(=O)C[C@](C#N)(Cc1c[nH]c2ccccc12)C(C)=O. The number of Topliss-reactive ketones (excluding diaryl/α,β-unsaturated/α-hetero) is 2. The molecule has 102 valence electrons. The first-order chi connectivity index (χ1) is 9.48. The van der Waals surface area contributed by atoms with E-state index in [1.165, 1.54) is 13.8 Å². The number of fused-ring (bicyclic) bond motifs is 1. The van der Waals surface area contributed by atoms with Crippen LogP contribution in [-0.2, 0) is 16.0 Å². The van der Waals surface area contributed by atoms with Gasteiger partial charge in [-0.05, 0) is 25.5 Å². The van der Waals surface area contributed by atoms with Crippen LogP contribution in [0.3, 0.4) is 0 Å². The molecule has 1 aromatic heterocycles. The molecule has 0 spiro atoms. The molecule has 0 bridgehead atoms. The van der Waals surface area contributed by atoms with E-state index < -0.39 is 5.41 Å². The Labute approximate surface area is 117 Å². The standard InChI is InChI=1S/C16H16N2O2/c1-11(19)7-16(10-17,12(2)20)8-13-9-18-15-6-4-3-5-14(13)15/h3-6,9,18H,7-8H2,1-2H3/t16-/m1/s1. The van der Waals surface area contributed by atoms with E-state index in [-0.39, 0.29) is 24.4 Å². The zero-order valence-corrected chi connectivity index (χ0v) is 11.6. The van der Waals surface area contributed by atoms with E-state index >= 15 is 0 Å². The molecule has 0 amide bonds. The van der Waals surface area contributed by atoms with E-state index in [9.17, 15) is 14.9 Å². The van der Waals surface area contributed by atoms with Crippen molar-refractivity contribution in [3.05, 3.63) is 36.0 Å². The van der Waals surface area contributed by atoms with Crippen molar-refractivity contribution in [3.8, 4) is 6.07 Å². The van der Waals surface area contributed by atoms with Gasteiger partial charge in [0.05, 0.1) is 6.07 Å². The number of benzene rings is 1. The zero-order chi connectivity index (χ0) is 14.8. The highest BCUT2D eigenvalue weighted by atomic mass is 16.1. The van der Waals surface area contributed by atoms with E-state index in [2.05, 4.69) is 11.1 Å². The maximum Gasteiger partial charge on any atom is 0.150 e. The molecule has 0 radical (unpaired) electrons. The lowest BCUT2D eigenvalue weighted by molar-refractivity contribution is -0.128. The number of hydrogen-bond donors (Lipinski definition) is 1. The molecule has 0 aliphatic rings. The number of hydrogen-bond acceptors (Lipinski definition) is 3. The molecular formula is C16H16N2O2. The summed E-state index contributed by atoms with van der Waals surface area (Å²) in [6, 6.07) is 9.77. The molecular weight excluding hydrogens is 252 g/mol. The number of rotatable bonds is 5. The third-order valence-corrected chi connectivity index (χ3v) is 3.61. The number of nitriles is 1. The lowest BCUT2D eigenvalue weighted by Crippen LogP contribution is -2.32. The second kappa shape index (κ2) is 5.30. The molecule has 2 rings (SSSR count). The lowest BCUT2D eigenvalue weighted by atomic mass is 9.76. The largest absolute Gasteiger partial charge is 0.361 e. The molecule has 0 saturated carbocycles. The Bertz CT molecular complexity index is 709. The van der Waals surface area contributed by atoms with Gasteiger partial charge in [-0.2, -0.15) is 5.26 Å². The zero-order valence-electron chi connectivity index (χ0n) is 11.6. The van der Waals surface area contributed by atoms with Gasteiger partial charge in [0.25, 0.3) is 0 Å². The van der Waals surface area contributed by atoms with Crippen LogP contribution in [0.2, 0.25) is 0 Å². The van der Waals surface area contributed by atoms with Gasteiger partial charge in [-0.3, -0.25) is 9.59 Å². The average molecular weight is 268 g/mol. The third-order valence-electron chi connectivity index (χ3n) is 3.61. The Hall–Kier alpha value is -2.41. The van der Waals surface area contributed by atoms with Crippen molar-refractivity contribution in [2.45, 2.75) is 26.7 Å². The van der Waals surface area contributed by atoms with E-state index in [1.54, 1.807) is 6.20 Å². The fraction of sp³-hybridized carbons (Fsp3) is 0.312. The summed E-state index contributed by atoms with van der Waals surface area (Å²) < 4.78 is 0. The van der Waals surface area contributed by atoms with Crippen molar-refractivity contribution in [1.29, 1.82) is 5.26 Å². The monoisotopic (exact) mass is 268 g/mol. The van der Waals surface area contributed by atoms with Crippen molar-refractivity contribution < 1.29 is 9.59 Å². The summed E-state index contributed by atoms with van der Waals surface area (Å²) in [7, 11) is 0. The van der Waals surface area contributed by atoms with Crippen LogP contribution >= 0.6 is 0 Å². The number of carbonyl (C=O) groups excluding carboxylic acids is 2. The Kier molecular flexibility index (Phi) is 3.71. The highest BCUT2D eigenvalue weighted by molar-refractivity contribution is 5.92. The van der Waals surface area contributed by atoms with E-state index in [0.717, 1.165) is 16.5 Å². The number of nitrogens with one attached hydrogen (secondary N) is 1. The van der Waals surface area contributed by atoms with E-state index in [0.29, 0.717) is 0 Å². The van der Waals surface area contributed by atoms with Crippen molar-refractivity contribution in [1.82, 2.24) is 4.98 Å². The van der Waals surface area contributed by atoms with Gasteiger partial charge in [0.1, 0.15) is 11.2 Å². The Balaban J connectivity index is 2.45. The molecule has 1 aromatic carbocycles. The summed E-state index contributed by atoms with van der Waals surface area (Å²) in [4.78, 5) is 26.4. The molecule has 2 aromatic rings. The predicted molar refractivity (Wildman–Crippen MR) is 76.0 cm³/mol. The highest BCUT2D eigenvalue weighted by Crippen LogP contribution is 2.31. The maximum absolute atomic E-state index is 11.9. The molecule has 1 heterocycles. The van der Waals surface area contributed by atoms with Gasteiger partial charge in [0.2, 0.25) is 0 Å². The van der Waals surface area contributed by atoms with Gasteiger partial charge in [-0.15, -0.1) is 0 Å². The first kappa shape index (κ1) is 14.0. The second-order valence-corrected chi connectivity index (χ2v) is 5.17. The summed E-state index contributed by atoms with van der Waals surface area (Å²) in [5.74, 6) is -0.415. The molecule has 0 aliphatic heterocycles. The van der Waals surface area contributed by atoms with Crippen LogP contribution in [0.5, 0.6) is 0 Å². The summed E-state index contributed by atoms with van der Waals surface area (Å²) in [6.45, 7) is 2.78. The number of H-pyrrole nitrogens is 1. The number of aromatic amines is 1. The Morgan fingerprint density at radius 2 is 2.00 bits per heavy atom. The fourth-order valence-electron chi connectivity index (χ4n) is 2.50. The molecule has 1 N–H and O–H groups in total. The van der Waals surface area contributed by atoms with Crippen LogP contribution in [0.4, 0.5) is 0 Å².